The molecule has 9 nitrogen and oxygen atoms in total. The predicted molar refractivity (Wildman–Crippen MR) is 90.1 cm³/mol. The summed E-state index contributed by atoms with van der Waals surface area (Å²) in [5, 5.41) is 12.0. The van der Waals surface area contributed by atoms with Gasteiger partial charge in [0.05, 0.1) is 11.6 Å². The van der Waals surface area contributed by atoms with Crippen LogP contribution in [0.5, 0.6) is 0 Å². The van der Waals surface area contributed by atoms with Crippen LogP contribution in [0, 0.1) is 12.8 Å². The van der Waals surface area contributed by atoms with Gasteiger partial charge in [-0.15, -0.1) is 10.2 Å². The Hall–Kier alpha value is -3.18. The first-order valence-electron chi connectivity index (χ1n) is 8.62. The largest absolute Gasteiger partial charge is 0.391 e. The lowest BCUT2D eigenvalue weighted by Crippen LogP contribution is -2.42. The van der Waals surface area contributed by atoms with E-state index in [1.54, 1.807) is 25.3 Å². The van der Waals surface area contributed by atoms with Crippen molar-refractivity contribution in [1.29, 1.82) is 0 Å². The summed E-state index contributed by atoms with van der Waals surface area (Å²) in [4.78, 5) is 28.7. The fourth-order valence-corrected chi connectivity index (χ4v) is 3.31. The number of rotatable bonds is 2. The molecule has 1 aliphatic rings. The molecule has 0 spiro atoms. The van der Waals surface area contributed by atoms with Crippen molar-refractivity contribution in [1.82, 2.24) is 34.5 Å². The summed E-state index contributed by atoms with van der Waals surface area (Å²) >= 11 is 0. The number of carbonyl (C=O) groups excluding carboxylic acids is 1. The number of halogens is 3. The summed E-state index contributed by atoms with van der Waals surface area (Å²) in [6, 6.07) is 3.26. The van der Waals surface area contributed by atoms with Crippen molar-refractivity contribution < 1.29 is 18.0 Å². The number of alkyl halides is 3. The zero-order valence-corrected chi connectivity index (χ0v) is 14.8. The van der Waals surface area contributed by atoms with Crippen LogP contribution in [0.25, 0.3) is 11.5 Å². The van der Waals surface area contributed by atoms with Crippen molar-refractivity contribution in [2.75, 3.05) is 13.1 Å². The van der Waals surface area contributed by atoms with E-state index in [2.05, 4.69) is 20.4 Å². The van der Waals surface area contributed by atoms with Crippen LogP contribution in [-0.2, 0) is 0 Å². The van der Waals surface area contributed by atoms with Gasteiger partial charge in [-0.1, -0.05) is 5.21 Å². The number of H-pyrrole nitrogens is 1. The quantitative estimate of drug-likeness (QED) is 0.705. The van der Waals surface area contributed by atoms with E-state index in [0.29, 0.717) is 11.2 Å². The van der Waals surface area contributed by atoms with E-state index in [1.165, 1.54) is 14.1 Å². The molecule has 0 saturated carbocycles. The van der Waals surface area contributed by atoms with E-state index < -0.39 is 18.0 Å². The van der Waals surface area contributed by atoms with Crippen LogP contribution in [0.4, 0.5) is 13.2 Å². The number of aromatic amines is 1. The van der Waals surface area contributed by atoms with Crippen LogP contribution < -0.4 is 5.56 Å². The first-order valence-corrected chi connectivity index (χ1v) is 8.62. The third-order valence-electron chi connectivity index (χ3n) is 4.93. The molecule has 0 aromatic carbocycles. The molecule has 0 unspecified atom stereocenters. The Bertz CT molecular complexity index is 1090. The van der Waals surface area contributed by atoms with Gasteiger partial charge in [-0.2, -0.15) is 17.9 Å². The maximum absolute atomic E-state index is 12.8. The van der Waals surface area contributed by atoms with Crippen molar-refractivity contribution in [3.63, 3.8) is 0 Å². The highest BCUT2D eigenvalue weighted by atomic mass is 19.4. The van der Waals surface area contributed by atoms with Crippen LogP contribution in [-0.4, -0.2) is 59.7 Å². The van der Waals surface area contributed by atoms with Crippen molar-refractivity contribution in [3.8, 4) is 5.95 Å². The average Bonchev–Trinajstić information content (AvgIpc) is 3.27. The Morgan fingerprint density at radius 2 is 2.00 bits per heavy atom. The maximum Gasteiger partial charge on any atom is 0.391 e. The first-order chi connectivity index (χ1) is 13.3. The highest BCUT2D eigenvalue weighted by molar-refractivity contribution is 5.93. The predicted octanol–water partition coefficient (Wildman–Crippen LogP) is 1.33. The first kappa shape index (κ1) is 18.2. The fraction of sp³-hybridized carbons (Fsp3) is 0.438. The second-order valence-electron chi connectivity index (χ2n) is 6.66. The van der Waals surface area contributed by atoms with Gasteiger partial charge in [0, 0.05) is 19.3 Å². The second kappa shape index (κ2) is 6.46. The number of amides is 1. The van der Waals surface area contributed by atoms with E-state index in [0.717, 1.165) is 0 Å². The molecule has 0 atom stereocenters. The monoisotopic (exact) mass is 395 g/mol. The van der Waals surface area contributed by atoms with Crippen LogP contribution in [0.15, 0.2) is 23.1 Å². The summed E-state index contributed by atoms with van der Waals surface area (Å²) in [5.41, 5.74) is 0.315. The number of aromatic nitrogens is 6. The molecule has 0 bridgehead atoms. The molecule has 0 radical (unpaired) electrons. The van der Waals surface area contributed by atoms with Gasteiger partial charge in [0.25, 0.3) is 17.4 Å². The van der Waals surface area contributed by atoms with E-state index in [9.17, 15) is 22.8 Å². The molecule has 1 saturated heterocycles. The van der Waals surface area contributed by atoms with Gasteiger partial charge in [0.15, 0.2) is 5.69 Å². The van der Waals surface area contributed by atoms with Crippen molar-refractivity contribution >= 4 is 11.4 Å². The molecular weight excluding hydrogens is 379 g/mol. The molecular formula is C16H16F3N7O2. The number of carbonyl (C=O) groups is 1. The molecule has 1 N–H and O–H groups in total. The Kier molecular flexibility index (Phi) is 4.20. The second-order valence-corrected chi connectivity index (χ2v) is 6.66. The van der Waals surface area contributed by atoms with Crippen LogP contribution >= 0.6 is 0 Å². The van der Waals surface area contributed by atoms with Crippen LogP contribution in [0.1, 0.15) is 29.0 Å². The number of piperidine rings is 1. The third-order valence-corrected chi connectivity index (χ3v) is 4.93. The molecule has 148 valence electrons. The molecule has 28 heavy (non-hydrogen) atoms. The number of fused-ring (bicyclic) bond motifs is 1. The van der Waals surface area contributed by atoms with Crippen molar-refractivity contribution in [2.45, 2.75) is 25.9 Å². The van der Waals surface area contributed by atoms with E-state index >= 15 is 0 Å². The summed E-state index contributed by atoms with van der Waals surface area (Å²) in [6.07, 6.45) is -2.93. The number of likely N-dealkylation sites (tertiary alicyclic amines) is 1. The van der Waals surface area contributed by atoms with Gasteiger partial charge in [-0.05, 0) is 31.9 Å². The average molecular weight is 395 g/mol. The molecule has 4 rings (SSSR count). The minimum absolute atomic E-state index is 0.000278. The van der Waals surface area contributed by atoms with Gasteiger partial charge in [-0.3, -0.25) is 14.6 Å². The molecule has 3 aromatic rings. The van der Waals surface area contributed by atoms with Crippen molar-refractivity contribution in [3.05, 3.63) is 40.1 Å². The number of hydrogen-bond acceptors (Lipinski definition) is 5. The standard InChI is InChI=1S/C16H16F3N7O2/c1-9-12(14(28)24-7-4-10(5-8-24)16(17,18)19)21-23-26(9)15-20-13(27)11-3-2-6-25(11)22-15/h2-3,6,10H,4-5,7-8H2,1H3,(H,20,22,27). The van der Waals surface area contributed by atoms with E-state index in [1.807, 2.05) is 0 Å². The summed E-state index contributed by atoms with van der Waals surface area (Å²) in [6.45, 7) is 1.58. The molecule has 4 heterocycles. The highest BCUT2D eigenvalue weighted by Gasteiger charge is 2.42. The minimum Gasteiger partial charge on any atom is -0.337 e. The summed E-state index contributed by atoms with van der Waals surface area (Å²) in [5.74, 6) is -1.81. The molecule has 1 amide bonds. The molecule has 1 aliphatic heterocycles. The zero-order chi connectivity index (χ0) is 20.1. The number of nitrogens with zero attached hydrogens (tertiary/aromatic N) is 6. The topological polar surface area (TPSA) is 101 Å². The Morgan fingerprint density at radius 1 is 1.29 bits per heavy atom. The maximum atomic E-state index is 12.8. The smallest absolute Gasteiger partial charge is 0.337 e. The third kappa shape index (κ3) is 3.04. The summed E-state index contributed by atoms with van der Waals surface area (Å²) < 4.78 is 41.0. The lowest BCUT2D eigenvalue weighted by atomic mass is 9.96. The Morgan fingerprint density at radius 3 is 2.68 bits per heavy atom. The van der Waals surface area contributed by atoms with Gasteiger partial charge < -0.3 is 4.90 Å². The van der Waals surface area contributed by atoms with Gasteiger partial charge in [-0.25, -0.2) is 4.52 Å². The lowest BCUT2D eigenvalue weighted by Gasteiger charge is -2.32. The van der Waals surface area contributed by atoms with E-state index in [4.69, 9.17) is 0 Å². The lowest BCUT2D eigenvalue weighted by molar-refractivity contribution is -0.183. The van der Waals surface area contributed by atoms with Gasteiger partial charge in [0.1, 0.15) is 5.52 Å². The fourth-order valence-electron chi connectivity index (χ4n) is 3.31. The Balaban J connectivity index is 1.58. The van der Waals surface area contributed by atoms with Gasteiger partial charge in [0.2, 0.25) is 0 Å². The Labute approximate surface area is 155 Å². The molecule has 3 aromatic heterocycles. The summed E-state index contributed by atoms with van der Waals surface area (Å²) in [7, 11) is 0. The number of hydrogen-bond donors (Lipinski definition) is 1. The van der Waals surface area contributed by atoms with Crippen LogP contribution in [0.3, 0.4) is 0 Å². The van der Waals surface area contributed by atoms with Crippen molar-refractivity contribution in [2.24, 2.45) is 5.92 Å². The van der Waals surface area contributed by atoms with Gasteiger partial charge >= 0.3 is 6.18 Å². The molecule has 12 heteroatoms. The van der Waals surface area contributed by atoms with Crippen LogP contribution in [0.2, 0.25) is 0 Å². The SMILES string of the molecule is Cc1c(C(=O)N2CCC(C(F)(F)F)CC2)nnn1-c1nn2cccc2c(=O)[nH]1. The molecule has 1 fully saturated rings. The highest BCUT2D eigenvalue weighted by Crippen LogP contribution is 2.34. The molecule has 0 aliphatic carbocycles. The normalized spacial score (nSPS) is 16.1. The van der Waals surface area contributed by atoms with E-state index in [-0.39, 0.29) is 43.1 Å². The minimum atomic E-state index is -4.25. The zero-order valence-electron chi connectivity index (χ0n) is 14.8. The number of nitrogens with one attached hydrogen (secondary N) is 1.